The summed E-state index contributed by atoms with van der Waals surface area (Å²) in [6, 6.07) is 8.20. The number of aromatic nitrogens is 3. The Bertz CT molecular complexity index is 592. The van der Waals surface area contributed by atoms with Crippen molar-refractivity contribution in [2.45, 2.75) is 30.8 Å². The third-order valence-electron chi connectivity index (χ3n) is 4.16. The fourth-order valence-corrected chi connectivity index (χ4v) is 3.26. The number of hydrogen-bond acceptors (Lipinski definition) is 3. The molecule has 0 spiro atoms. The van der Waals surface area contributed by atoms with Gasteiger partial charge >= 0.3 is 0 Å². The van der Waals surface area contributed by atoms with Crippen LogP contribution in [-0.4, -0.2) is 19.9 Å². The number of nitrogens with zero attached hydrogens (tertiary/aromatic N) is 3. The van der Waals surface area contributed by atoms with Crippen LogP contribution in [0, 0.1) is 0 Å². The molecule has 0 radical (unpaired) electrons. The normalized spacial score (nSPS) is 18.9. The van der Waals surface area contributed by atoms with Gasteiger partial charge in [0.25, 0.3) is 0 Å². The van der Waals surface area contributed by atoms with E-state index in [2.05, 4.69) is 38.3 Å². The van der Waals surface area contributed by atoms with Gasteiger partial charge in [-0.3, -0.25) is 0 Å². The molecule has 1 aromatic carbocycles. The Kier molecular flexibility index (Phi) is 3.19. The number of benzene rings is 1. The number of hydrogen-bond donors (Lipinski definition) is 1. The van der Waals surface area contributed by atoms with Crippen LogP contribution in [0.2, 0.25) is 0 Å². The lowest BCUT2D eigenvalue weighted by Gasteiger charge is -2.45. The Labute approximate surface area is 120 Å². The molecule has 100 valence electrons. The lowest BCUT2D eigenvalue weighted by molar-refractivity contribution is 0.0184. The minimum atomic E-state index is -0.608. The fraction of sp³-hybridized carbons (Fsp3) is 0.429. The van der Waals surface area contributed by atoms with Crippen LogP contribution in [0.3, 0.4) is 0 Å². The van der Waals surface area contributed by atoms with Crippen molar-refractivity contribution in [3.05, 3.63) is 46.5 Å². The van der Waals surface area contributed by atoms with Crippen LogP contribution in [0.1, 0.15) is 36.8 Å². The Morgan fingerprint density at radius 1 is 1.42 bits per heavy atom. The average molecular weight is 322 g/mol. The molecule has 0 bridgehead atoms. The lowest BCUT2D eigenvalue weighted by atomic mass is 9.61. The summed E-state index contributed by atoms with van der Waals surface area (Å²) in [6.07, 6.45) is 4.13. The standard InChI is InChI=1S/C14H16BrN3O/c1-18-9-16-17-13(18)12(19)14(6-3-7-14)10-4-2-5-11(15)8-10/h2,4-5,8-9,12,19H,3,6-7H2,1H3. The molecule has 1 atom stereocenters. The van der Waals surface area contributed by atoms with Crippen molar-refractivity contribution < 1.29 is 5.11 Å². The second kappa shape index (κ2) is 4.72. The number of aliphatic hydroxyl groups excluding tert-OH is 1. The van der Waals surface area contributed by atoms with Crippen molar-refractivity contribution in [1.29, 1.82) is 0 Å². The zero-order chi connectivity index (χ0) is 13.5. The van der Waals surface area contributed by atoms with E-state index in [1.807, 2.05) is 19.2 Å². The van der Waals surface area contributed by atoms with E-state index in [-0.39, 0.29) is 5.41 Å². The molecule has 3 rings (SSSR count). The SMILES string of the molecule is Cn1cnnc1C(O)C1(c2cccc(Br)c2)CCC1. The van der Waals surface area contributed by atoms with Crippen LogP contribution in [0.4, 0.5) is 0 Å². The van der Waals surface area contributed by atoms with E-state index < -0.39 is 6.10 Å². The predicted octanol–water partition coefficient (Wildman–Crippen LogP) is 2.73. The largest absolute Gasteiger partial charge is 0.384 e. The molecule has 1 aromatic heterocycles. The molecule has 5 heteroatoms. The van der Waals surface area contributed by atoms with Gasteiger partial charge in [0, 0.05) is 16.9 Å². The predicted molar refractivity (Wildman–Crippen MR) is 75.6 cm³/mol. The molecule has 1 N–H and O–H groups in total. The molecule has 2 aromatic rings. The van der Waals surface area contributed by atoms with E-state index in [1.54, 1.807) is 10.9 Å². The quantitative estimate of drug-likeness (QED) is 0.945. The first-order valence-electron chi connectivity index (χ1n) is 6.41. The highest BCUT2D eigenvalue weighted by Gasteiger charge is 2.47. The molecule has 0 saturated heterocycles. The Balaban J connectivity index is 2.02. The third-order valence-corrected chi connectivity index (χ3v) is 4.65. The van der Waals surface area contributed by atoms with Crippen LogP contribution >= 0.6 is 15.9 Å². The van der Waals surface area contributed by atoms with Crippen LogP contribution in [0.15, 0.2) is 35.1 Å². The van der Waals surface area contributed by atoms with Gasteiger partial charge in [-0.25, -0.2) is 0 Å². The number of halogens is 1. The number of rotatable bonds is 3. The molecular formula is C14H16BrN3O. The van der Waals surface area contributed by atoms with E-state index in [9.17, 15) is 5.11 Å². The summed E-state index contributed by atoms with van der Waals surface area (Å²) in [5.74, 6) is 0.639. The first-order chi connectivity index (χ1) is 9.13. The molecule has 1 saturated carbocycles. The molecule has 0 aliphatic heterocycles. The van der Waals surface area contributed by atoms with Crippen molar-refractivity contribution in [1.82, 2.24) is 14.8 Å². The summed E-state index contributed by atoms with van der Waals surface area (Å²) in [6.45, 7) is 0. The van der Waals surface area contributed by atoms with Gasteiger partial charge in [-0.2, -0.15) is 0 Å². The fourth-order valence-electron chi connectivity index (χ4n) is 2.86. The average Bonchev–Trinajstić information content (AvgIpc) is 2.74. The highest BCUT2D eigenvalue weighted by atomic mass is 79.9. The molecule has 1 aliphatic rings. The maximum Gasteiger partial charge on any atom is 0.162 e. The van der Waals surface area contributed by atoms with Gasteiger partial charge in [-0.05, 0) is 30.5 Å². The second-order valence-corrected chi connectivity index (χ2v) is 6.14. The first kappa shape index (κ1) is 12.8. The van der Waals surface area contributed by atoms with Crippen LogP contribution in [-0.2, 0) is 12.5 Å². The van der Waals surface area contributed by atoms with Crippen molar-refractivity contribution >= 4 is 15.9 Å². The highest BCUT2D eigenvalue weighted by molar-refractivity contribution is 9.10. The molecule has 1 fully saturated rings. The topological polar surface area (TPSA) is 50.9 Å². The van der Waals surface area contributed by atoms with E-state index in [0.717, 1.165) is 23.7 Å². The molecule has 19 heavy (non-hydrogen) atoms. The number of aliphatic hydroxyl groups is 1. The van der Waals surface area contributed by atoms with Gasteiger partial charge in [0.15, 0.2) is 5.82 Å². The Morgan fingerprint density at radius 2 is 2.21 bits per heavy atom. The summed E-state index contributed by atoms with van der Waals surface area (Å²) in [7, 11) is 1.87. The van der Waals surface area contributed by atoms with E-state index >= 15 is 0 Å². The summed E-state index contributed by atoms with van der Waals surface area (Å²) >= 11 is 3.51. The third kappa shape index (κ3) is 2.01. The van der Waals surface area contributed by atoms with Crippen molar-refractivity contribution in [2.24, 2.45) is 7.05 Å². The number of aryl methyl sites for hydroxylation is 1. The highest BCUT2D eigenvalue weighted by Crippen LogP contribution is 2.51. The maximum atomic E-state index is 10.8. The Hall–Kier alpha value is -1.20. The van der Waals surface area contributed by atoms with Gasteiger partial charge in [-0.15, -0.1) is 10.2 Å². The van der Waals surface area contributed by atoms with Gasteiger partial charge < -0.3 is 9.67 Å². The van der Waals surface area contributed by atoms with E-state index in [1.165, 1.54) is 5.56 Å². The maximum absolute atomic E-state index is 10.8. The van der Waals surface area contributed by atoms with Gasteiger partial charge in [0.05, 0.1) is 0 Å². The zero-order valence-electron chi connectivity index (χ0n) is 10.8. The first-order valence-corrected chi connectivity index (χ1v) is 7.21. The molecule has 1 unspecified atom stereocenters. The zero-order valence-corrected chi connectivity index (χ0v) is 12.3. The minimum absolute atomic E-state index is 0.218. The van der Waals surface area contributed by atoms with E-state index in [0.29, 0.717) is 5.82 Å². The molecular weight excluding hydrogens is 306 g/mol. The second-order valence-electron chi connectivity index (χ2n) is 5.22. The van der Waals surface area contributed by atoms with E-state index in [4.69, 9.17) is 0 Å². The van der Waals surface area contributed by atoms with Gasteiger partial charge in [-0.1, -0.05) is 34.5 Å². The summed E-state index contributed by atoms with van der Waals surface area (Å²) in [5.41, 5.74) is 0.952. The van der Waals surface area contributed by atoms with Crippen LogP contribution in [0.25, 0.3) is 0 Å². The monoisotopic (exact) mass is 321 g/mol. The summed E-state index contributed by atoms with van der Waals surface area (Å²) in [4.78, 5) is 0. The van der Waals surface area contributed by atoms with Crippen molar-refractivity contribution in [3.8, 4) is 0 Å². The van der Waals surface area contributed by atoms with Gasteiger partial charge in [0.1, 0.15) is 12.4 Å². The lowest BCUT2D eigenvalue weighted by Crippen LogP contribution is -2.41. The molecule has 1 aliphatic carbocycles. The summed E-state index contributed by atoms with van der Waals surface area (Å²) in [5, 5.41) is 18.7. The summed E-state index contributed by atoms with van der Waals surface area (Å²) < 4.78 is 2.84. The van der Waals surface area contributed by atoms with Gasteiger partial charge in [0.2, 0.25) is 0 Å². The van der Waals surface area contributed by atoms with Crippen LogP contribution < -0.4 is 0 Å². The molecule has 1 heterocycles. The minimum Gasteiger partial charge on any atom is -0.384 e. The van der Waals surface area contributed by atoms with Crippen LogP contribution in [0.5, 0.6) is 0 Å². The van der Waals surface area contributed by atoms with Crippen molar-refractivity contribution in [2.75, 3.05) is 0 Å². The van der Waals surface area contributed by atoms with Crippen molar-refractivity contribution in [3.63, 3.8) is 0 Å². The Morgan fingerprint density at radius 3 is 2.74 bits per heavy atom. The smallest absolute Gasteiger partial charge is 0.162 e. The molecule has 0 amide bonds. The molecule has 4 nitrogen and oxygen atoms in total.